The average molecular weight is 397 g/mol. The molecule has 0 aliphatic rings. The minimum atomic E-state index is -0.667. The Labute approximate surface area is 171 Å². The third-order valence-corrected chi connectivity index (χ3v) is 3.92. The Hall–Kier alpha value is -3.35. The van der Waals surface area contributed by atoms with Crippen molar-refractivity contribution in [2.75, 3.05) is 7.11 Å². The largest absolute Gasteiger partial charge is 0.497 e. The van der Waals surface area contributed by atoms with Gasteiger partial charge in [-0.25, -0.2) is 4.98 Å². The van der Waals surface area contributed by atoms with E-state index in [1.807, 2.05) is 44.2 Å². The zero-order chi connectivity index (χ0) is 21.2. The summed E-state index contributed by atoms with van der Waals surface area (Å²) in [5.74, 6) is 0.660. The highest BCUT2D eigenvalue weighted by Crippen LogP contribution is 2.12. The lowest BCUT2D eigenvalue weighted by Gasteiger charge is -2.13. The molecule has 0 aliphatic carbocycles. The van der Waals surface area contributed by atoms with Gasteiger partial charge in [-0.05, 0) is 50.1 Å². The van der Waals surface area contributed by atoms with Gasteiger partial charge in [0.05, 0.1) is 13.2 Å². The van der Waals surface area contributed by atoms with Gasteiger partial charge in [-0.15, -0.1) is 0 Å². The van der Waals surface area contributed by atoms with Crippen molar-refractivity contribution < 1.29 is 19.1 Å². The molecule has 0 bridgehead atoms. The first-order valence-corrected chi connectivity index (χ1v) is 9.39. The molecule has 1 heterocycles. The van der Waals surface area contributed by atoms with Gasteiger partial charge in [0.2, 0.25) is 17.7 Å². The zero-order valence-corrected chi connectivity index (χ0v) is 17.1. The Morgan fingerprint density at radius 2 is 1.83 bits per heavy atom. The van der Waals surface area contributed by atoms with E-state index in [9.17, 15) is 9.59 Å². The lowest BCUT2D eigenvalue weighted by atomic mass is 10.2. The number of methoxy groups -OCH3 is 1. The summed E-state index contributed by atoms with van der Waals surface area (Å²) in [6.45, 7) is 5.80. The number of nitrogens with zero attached hydrogens (tertiary/aromatic N) is 1. The summed E-state index contributed by atoms with van der Waals surface area (Å²) in [6, 6.07) is 10.2. The van der Waals surface area contributed by atoms with Crippen molar-refractivity contribution in [2.24, 2.45) is 0 Å². The monoisotopic (exact) mass is 397 g/mol. The quantitative estimate of drug-likeness (QED) is 0.635. The number of hydrogen-bond acceptors (Lipinski definition) is 5. The van der Waals surface area contributed by atoms with Gasteiger partial charge in [0, 0.05) is 24.9 Å². The Morgan fingerprint density at radius 1 is 1.10 bits per heavy atom. The minimum absolute atomic E-state index is 0.0521. The fraction of sp³-hybridized carbons (Fsp3) is 0.318. The highest BCUT2D eigenvalue weighted by molar-refractivity contribution is 5.95. The third kappa shape index (κ3) is 7.65. The molecule has 1 unspecified atom stereocenters. The number of ether oxygens (including phenoxy) is 2. The Kier molecular flexibility index (Phi) is 8.21. The van der Waals surface area contributed by atoms with Crippen LogP contribution in [0.25, 0.3) is 6.08 Å². The maximum atomic E-state index is 12.2. The van der Waals surface area contributed by atoms with Gasteiger partial charge in [-0.3, -0.25) is 9.59 Å². The van der Waals surface area contributed by atoms with Crippen molar-refractivity contribution in [3.05, 3.63) is 59.8 Å². The number of aromatic nitrogens is 1. The number of carbonyl (C=O) groups excluding carboxylic acids is 2. The van der Waals surface area contributed by atoms with Crippen LogP contribution in [0.1, 0.15) is 31.9 Å². The van der Waals surface area contributed by atoms with E-state index in [-0.39, 0.29) is 17.9 Å². The van der Waals surface area contributed by atoms with Crippen LogP contribution in [0.2, 0.25) is 0 Å². The first-order chi connectivity index (χ1) is 13.9. The van der Waals surface area contributed by atoms with E-state index >= 15 is 0 Å². The van der Waals surface area contributed by atoms with Gasteiger partial charge in [-0.1, -0.05) is 18.2 Å². The topological polar surface area (TPSA) is 89.5 Å². The molecule has 0 radical (unpaired) electrons. The summed E-state index contributed by atoms with van der Waals surface area (Å²) in [6.07, 6.45) is 4.77. The Balaban J connectivity index is 1.78. The number of hydrogen-bond donors (Lipinski definition) is 2. The molecule has 7 heteroatoms. The number of amides is 2. The highest BCUT2D eigenvalue weighted by Gasteiger charge is 2.14. The number of carbonyl (C=O) groups is 2. The number of benzene rings is 1. The van der Waals surface area contributed by atoms with Crippen LogP contribution < -0.4 is 20.1 Å². The van der Waals surface area contributed by atoms with E-state index in [1.165, 1.54) is 6.08 Å². The Bertz CT molecular complexity index is 830. The standard InChI is InChI=1S/C22H27N3O4/c1-15(2)29-21-12-8-18(13-23-21)14-24-22(27)16(3)25-20(26)11-7-17-5-9-19(28-4)10-6-17/h5-13,15-16H,14H2,1-4H3,(H,24,27)(H,25,26)/b11-7+. The van der Waals surface area contributed by atoms with Gasteiger partial charge >= 0.3 is 0 Å². The maximum absolute atomic E-state index is 12.2. The van der Waals surface area contributed by atoms with E-state index in [0.29, 0.717) is 12.4 Å². The molecule has 1 aromatic heterocycles. The predicted molar refractivity (Wildman–Crippen MR) is 111 cm³/mol. The number of pyridine rings is 1. The van der Waals surface area contributed by atoms with Gasteiger partial charge in [0.1, 0.15) is 11.8 Å². The molecule has 0 saturated carbocycles. The maximum Gasteiger partial charge on any atom is 0.244 e. The molecule has 2 rings (SSSR count). The third-order valence-electron chi connectivity index (χ3n) is 3.92. The molecule has 0 fully saturated rings. The van der Waals surface area contributed by atoms with E-state index in [1.54, 1.807) is 32.4 Å². The van der Waals surface area contributed by atoms with Crippen molar-refractivity contribution in [1.29, 1.82) is 0 Å². The lowest BCUT2D eigenvalue weighted by Crippen LogP contribution is -2.44. The van der Waals surface area contributed by atoms with Gasteiger partial charge in [-0.2, -0.15) is 0 Å². The van der Waals surface area contributed by atoms with Crippen LogP contribution >= 0.6 is 0 Å². The summed E-state index contributed by atoms with van der Waals surface area (Å²) in [4.78, 5) is 28.4. The fourth-order valence-electron chi connectivity index (χ4n) is 2.38. The van der Waals surface area contributed by atoms with Crippen LogP contribution in [0.4, 0.5) is 0 Å². The van der Waals surface area contributed by atoms with Crippen LogP contribution in [-0.4, -0.2) is 36.1 Å². The van der Waals surface area contributed by atoms with Crippen molar-refractivity contribution in [1.82, 2.24) is 15.6 Å². The molecule has 2 aromatic rings. The minimum Gasteiger partial charge on any atom is -0.497 e. The van der Waals surface area contributed by atoms with Gasteiger partial charge in [0.25, 0.3) is 0 Å². The average Bonchev–Trinajstić information content (AvgIpc) is 2.71. The summed E-state index contributed by atoms with van der Waals surface area (Å²) in [7, 11) is 1.59. The van der Waals surface area contributed by atoms with Crippen molar-refractivity contribution in [2.45, 2.75) is 39.5 Å². The molecule has 1 aromatic carbocycles. The van der Waals surface area contributed by atoms with Crippen molar-refractivity contribution in [3.63, 3.8) is 0 Å². The van der Waals surface area contributed by atoms with Gasteiger partial charge in [0.15, 0.2) is 0 Å². The van der Waals surface area contributed by atoms with Crippen LogP contribution in [0.3, 0.4) is 0 Å². The number of nitrogens with one attached hydrogen (secondary N) is 2. The summed E-state index contributed by atoms with van der Waals surface area (Å²) in [5, 5.41) is 5.42. The van der Waals surface area contributed by atoms with Crippen LogP contribution in [0.15, 0.2) is 48.7 Å². The molecule has 0 spiro atoms. The summed E-state index contributed by atoms with van der Waals surface area (Å²) >= 11 is 0. The number of rotatable bonds is 9. The molecular weight excluding hydrogens is 370 g/mol. The molecule has 29 heavy (non-hydrogen) atoms. The first-order valence-electron chi connectivity index (χ1n) is 9.39. The smallest absolute Gasteiger partial charge is 0.244 e. The summed E-state index contributed by atoms with van der Waals surface area (Å²) in [5.41, 5.74) is 1.70. The second kappa shape index (κ2) is 10.8. The molecule has 154 valence electrons. The molecule has 1 atom stereocenters. The van der Waals surface area contributed by atoms with Crippen LogP contribution in [0.5, 0.6) is 11.6 Å². The lowest BCUT2D eigenvalue weighted by molar-refractivity contribution is -0.126. The molecule has 0 aliphatic heterocycles. The normalized spacial score (nSPS) is 11.9. The van der Waals surface area contributed by atoms with E-state index in [0.717, 1.165) is 16.9 Å². The first kappa shape index (κ1) is 21.9. The fourth-order valence-corrected chi connectivity index (χ4v) is 2.38. The molecule has 2 amide bonds. The van der Waals surface area contributed by atoms with E-state index < -0.39 is 6.04 Å². The Morgan fingerprint density at radius 3 is 2.41 bits per heavy atom. The second-order valence-corrected chi connectivity index (χ2v) is 6.73. The molecule has 7 nitrogen and oxygen atoms in total. The molecule has 0 saturated heterocycles. The zero-order valence-electron chi connectivity index (χ0n) is 17.1. The van der Waals surface area contributed by atoms with E-state index in [4.69, 9.17) is 9.47 Å². The predicted octanol–water partition coefficient (Wildman–Crippen LogP) is 2.71. The van der Waals surface area contributed by atoms with Crippen LogP contribution in [-0.2, 0) is 16.1 Å². The molecular formula is C22H27N3O4. The summed E-state index contributed by atoms with van der Waals surface area (Å²) < 4.78 is 10.6. The van der Waals surface area contributed by atoms with Crippen LogP contribution in [0, 0.1) is 0 Å². The van der Waals surface area contributed by atoms with Gasteiger partial charge < -0.3 is 20.1 Å². The highest BCUT2D eigenvalue weighted by atomic mass is 16.5. The SMILES string of the molecule is COc1ccc(/C=C/C(=O)NC(C)C(=O)NCc2ccc(OC(C)C)nc2)cc1. The van der Waals surface area contributed by atoms with E-state index in [2.05, 4.69) is 15.6 Å². The second-order valence-electron chi connectivity index (χ2n) is 6.73. The molecule has 2 N–H and O–H groups in total. The van der Waals surface area contributed by atoms with Crippen molar-refractivity contribution in [3.8, 4) is 11.6 Å². The van der Waals surface area contributed by atoms with Crippen molar-refractivity contribution >= 4 is 17.9 Å².